The molecular weight excluding hydrogens is 298 g/mol. The van der Waals surface area contributed by atoms with Crippen LogP contribution in [0.3, 0.4) is 0 Å². The van der Waals surface area contributed by atoms with E-state index in [1.807, 2.05) is 46.9 Å². The average Bonchev–Trinajstić information content (AvgIpc) is 3.00. The molecule has 4 rings (SSSR count). The van der Waals surface area contributed by atoms with Crippen molar-refractivity contribution in [1.82, 2.24) is 19.6 Å². The lowest BCUT2D eigenvalue weighted by Crippen LogP contribution is -2.00. The minimum Gasteiger partial charge on any atom is -0.337 e. The van der Waals surface area contributed by atoms with Crippen LogP contribution in [-0.2, 0) is 0 Å². The van der Waals surface area contributed by atoms with E-state index in [4.69, 9.17) is 11.6 Å². The van der Waals surface area contributed by atoms with Crippen molar-refractivity contribution < 1.29 is 0 Å². The highest BCUT2D eigenvalue weighted by atomic mass is 35.5. The first kappa shape index (κ1) is 13.0. The third-order valence-corrected chi connectivity index (χ3v) is 3.74. The topological polar surface area (TPSA) is 55.1 Å². The van der Waals surface area contributed by atoms with Crippen molar-refractivity contribution in [3.63, 3.8) is 0 Å². The molecule has 0 aliphatic rings. The Morgan fingerprint density at radius 2 is 1.91 bits per heavy atom. The molecule has 1 N–H and O–H groups in total. The smallest absolute Gasteiger partial charge is 0.204 e. The second-order valence-electron chi connectivity index (χ2n) is 5.11. The highest BCUT2D eigenvalue weighted by Gasteiger charge is 2.11. The second kappa shape index (κ2) is 4.96. The number of hydrogen-bond acceptors (Lipinski definition) is 4. The number of nitrogens with zero attached hydrogens (tertiary/aromatic N) is 4. The molecule has 2 heterocycles. The SMILES string of the molecule is Cc1ccc(Nc2nc3ccc(Cl)cc3n3cnnc23)cc1. The third kappa shape index (κ3) is 2.16. The number of aromatic nitrogens is 4. The first-order chi connectivity index (χ1) is 10.7. The monoisotopic (exact) mass is 309 g/mol. The summed E-state index contributed by atoms with van der Waals surface area (Å²) in [4.78, 5) is 4.64. The van der Waals surface area contributed by atoms with Crippen molar-refractivity contribution in [2.45, 2.75) is 6.92 Å². The molecule has 6 heteroatoms. The van der Waals surface area contributed by atoms with Gasteiger partial charge in [-0.2, -0.15) is 0 Å². The van der Waals surface area contributed by atoms with E-state index < -0.39 is 0 Å². The molecule has 108 valence electrons. The summed E-state index contributed by atoms with van der Waals surface area (Å²) < 4.78 is 1.88. The summed E-state index contributed by atoms with van der Waals surface area (Å²) in [5.41, 5.74) is 4.53. The van der Waals surface area contributed by atoms with Crippen LogP contribution in [0.5, 0.6) is 0 Å². The standard InChI is InChI=1S/C16H12ClN5/c1-10-2-5-12(6-3-10)19-15-16-21-18-9-22(16)14-8-11(17)4-7-13(14)20-15/h2-9H,1H3,(H,19,20). The number of hydrogen-bond donors (Lipinski definition) is 1. The van der Waals surface area contributed by atoms with Crippen LogP contribution in [0.4, 0.5) is 11.5 Å². The number of halogens is 1. The van der Waals surface area contributed by atoms with Gasteiger partial charge in [0.05, 0.1) is 11.0 Å². The Hall–Kier alpha value is -2.66. The van der Waals surface area contributed by atoms with Gasteiger partial charge in [-0.15, -0.1) is 10.2 Å². The minimum atomic E-state index is 0.656. The van der Waals surface area contributed by atoms with Gasteiger partial charge in [0.1, 0.15) is 6.33 Å². The summed E-state index contributed by atoms with van der Waals surface area (Å²) in [5.74, 6) is 0.663. The zero-order valence-corrected chi connectivity index (χ0v) is 12.5. The zero-order chi connectivity index (χ0) is 15.1. The molecule has 0 spiro atoms. The molecule has 2 aromatic heterocycles. The van der Waals surface area contributed by atoms with Crippen molar-refractivity contribution in [3.8, 4) is 0 Å². The molecular formula is C16H12ClN5. The van der Waals surface area contributed by atoms with Gasteiger partial charge in [-0.25, -0.2) is 4.98 Å². The maximum Gasteiger partial charge on any atom is 0.204 e. The molecule has 0 fully saturated rings. The van der Waals surface area contributed by atoms with Gasteiger partial charge >= 0.3 is 0 Å². The van der Waals surface area contributed by atoms with Crippen molar-refractivity contribution in [2.75, 3.05) is 5.32 Å². The molecule has 0 aliphatic heterocycles. The summed E-state index contributed by atoms with van der Waals surface area (Å²) in [6, 6.07) is 13.7. The Morgan fingerprint density at radius 3 is 2.73 bits per heavy atom. The van der Waals surface area contributed by atoms with Crippen molar-refractivity contribution >= 4 is 39.8 Å². The normalized spacial score (nSPS) is 11.2. The minimum absolute atomic E-state index is 0.656. The summed E-state index contributed by atoms with van der Waals surface area (Å²) in [6.45, 7) is 2.05. The van der Waals surface area contributed by atoms with Crippen LogP contribution in [0, 0.1) is 6.92 Å². The average molecular weight is 310 g/mol. The predicted molar refractivity (Wildman–Crippen MR) is 87.8 cm³/mol. The van der Waals surface area contributed by atoms with E-state index in [0.717, 1.165) is 16.7 Å². The van der Waals surface area contributed by atoms with Crippen LogP contribution in [0.1, 0.15) is 5.56 Å². The van der Waals surface area contributed by atoms with Crippen LogP contribution in [0.25, 0.3) is 16.7 Å². The molecule has 2 aromatic carbocycles. The van der Waals surface area contributed by atoms with E-state index >= 15 is 0 Å². The van der Waals surface area contributed by atoms with Crippen LogP contribution in [-0.4, -0.2) is 19.6 Å². The van der Waals surface area contributed by atoms with Gasteiger partial charge in [0.25, 0.3) is 0 Å². The fourth-order valence-electron chi connectivity index (χ4n) is 2.38. The van der Waals surface area contributed by atoms with E-state index in [1.54, 1.807) is 6.33 Å². The van der Waals surface area contributed by atoms with Crippen molar-refractivity contribution in [1.29, 1.82) is 0 Å². The second-order valence-corrected chi connectivity index (χ2v) is 5.55. The van der Waals surface area contributed by atoms with Crippen LogP contribution in [0.15, 0.2) is 48.8 Å². The van der Waals surface area contributed by atoms with E-state index in [1.165, 1.54) is 5.56 Å². The number of fused-ring (bicyclic) bond motifs is 3. The highest BCUT2D eigenvalue weighted by Crippen LogP contribution is 2.25. The predicted octanol–water partition coefficient (Wildman–Crippen LogP) is 3.98. The number of nitrogens with one attached hydrogen (secondary N) is 1. The number of aryl methyl sites for hydroxylation is 1. The van der Waals surface area contributed by atoms with Gasteiger partial charge in [0, 0.05) is 10.7 Å². The lowest BCUT2D eigenvalue weighted by Gasteiger charge is -2.09. The number of benzene rings is 2. The van der Waals surface area contributed by atoms with Gasteiger partial charge in [-0.05, 0) is 37.3 Å². The highest BCUT2D eigenvalue weighted by molar-refractivity contribution is 6.31. The molecule has 5 nitrogen and oxygen atoms in total. The fraction of sp³-hybridized carbons (Fsp3) is 0.0625. The summed E-state index contributed by atoms with van der Waals surface area (Å²) in [6.07, 6.45) is 1.66. The number of rotatable bonds is 2. The first-order valence-electron chi connectivity index (χ1n) is 6.83. The molecule has 0 radical (unpaired) electrons. The Balaban J connectivity index is 1.90. The van der Waals surface area contributed by atoms with Gasteiger partial charge in [0.2, 0.25) is 5.65 Å². The third-order valence-electron chi connectivity index (χ3n) is 3.50. The van der Waals surface area contributed by atoms with Gasteiger partial charge < -0.3 is 5.32 Å². The van der Waals surface area contributed by atoms with Crippen molar-refractivity contribution in [3.05, 3.63) is 59.4 Å². The van der Waals surface area contributed by atoms with Gasteiger partial charge in [-0.1, -0.05) is 29.3 Å². The molecule has 0 bridgehead atoms. The van der Waals surface area contributed by atoms with Gasteiger partial charge in [0.15, 0.2) is 5.82 Å². The first-order valence-corrected chi connectivity index (χ1v) is 7.21. The van der Waals surface area contributed by atoms with E-state index in [2.05, 4.69) is 27.4 Å². The van der Waals surface area contributed by atoms with E-state index in [9.17, 15) is 0 Å². The number of anilines is 2. The molecule has 0 unspecified atom stereocenters. The Bertz CT molecular complexity index is 975. The Morgan fingerprint density at radius 1 is 1.09 bits per heavy atom. The summed E-state index contributed by atoms with van der Waals surface area (Å²) in [7, 11) is 0. The molecule has 0 amide bonds. The zero-order valence-electron chi connectivity index (χ0n) is 11.8. The van der Waals surface area contributed by atoms with Gasteiger partial charge in [-0.3, -0.25) is 4.40 Å². The van der Waals surface area contributed by atoms with Crippen LogP contribution >= 0.6 is 11.6 Å². The molecule has 4 aromatic rings. The molecule has 22 heavy (non-hydrogen) atoms. The molecule has 0 atom stereocenters. The quantitative estimate of drug-likeness (QED) is 0.608. The molecule has 0 saturated carbocycles. The van der Waals surface area contributed by atoms with Crippen LogP contribution in [0.2, 0.25) is 5.02 Å². The lowest BCUT2D eigenvalue weighted by molar-refractivity contribution is 1.11. The lowest BCUT2D eigenvalue weighted by atomic mass is 10.2. The molecule has 0 aliphatic carbocycles. The van der Waals surface area contributed by atoms with Crippen molar-refractivity contribution in [2.24, 2.45) is 0 Å². The van der Waals surface area contributed by atoms with E-state index in [0.29, 0.717) is 16.5 Å². The summed E-state index contributed by atoms with van der Waals surface area (Å²) >= 11 is 6.07. The Labute approximate surface area is 131 Å². The Kier molecular flexibility index (Phi) is 2.94. The van der Waals surface area contributed by atoms with Crippen LogP contribution < -0.4 is 5.32 Å². The van der Waals surface area contributed by atoms with E-state index in [-0.39, 0.29) is 0 Å². The largest absolute Gasteiger partial charge is 0.337 e. The maximum atomic E-state index is 6.07. The fourth-order valence-corrected chi connectivity index (χ4v) is 2.55. The maximum absolute atomic E-state index is 6.07. The summed E-state index contributed by atoms with van der Waals surface area (Å²) in [5, 5.41) is 12.1. The molecule has 0 saturated heterocycles.